The third-order valence-corrected chi connectivity index (χ3v) is 4.52. The molecule has 7 nitrogen and oxygen atoms in total. The summed E-state index contributed by atoms with van der Waals surface area (Å²) in [4.78, 5) is 23.8. The summed E-state index contributed by atoms with van der Waals surface area (Å²) in [7, 11) is 0. The molecule has 0 atom stereocenters. The molecular weight excluding hydrogens is 320 g/mol. The van der Waals surface area contributed by atoms with Crippen molar-refractivity contribution in [2.24, 2.45) is 0 Å². The number of hydrogen-bond acceptors (Lipinski definition) is 5. The van der Waals surface area contributed by atoms with Gasteiger partial charge >= 0.3 is 5.97 Å². The summed E-state index contributed by atoms with van der Waals surface area (Å²) >= 11 is 0. The summed E-state index contributed by atoms with van der Waals surface area (Å²) in [6.07, 6.45) is 2.01. The van der Waals surface area contributed by atoms with Gasteiger partial charge in [-0.3, -0.25) is 9.48 Å². The van der Waals surface area contributed by atoms with Crippen molar-refractivity contribution in [3.63, 3.8) is 0 Å². The number of amides is 1. The Hall–Kier alpha value is -2.67. The van der Waals surface area contributed by atoms with Crippen LogP contribution < -0.4 is 10.6 Å². The van der Waals surface area contributed by atoms with Crippen LogP contribution in [0, 0.1) is 0 Å². The van der Waals surface area contributed by atoms with Crippen LogP contribution in [0.5, 0.6) is 0 Å². The second kappa shape index (κ2) is 6.68. The molecule has 0 bridgehead atoms. The summed E-state index contributed by atoms with van der Waals surface area (Å²) in [5, 5.41) is 10.8. The Balaban J connectivity index is 1.35. The lowest BCUT2D eigenvalue weighted by atomic mass is 10.1. The van der Waals surface area contributed by atoms with Crippen LogP contribution in [0.3, 0.4) is 0 Å². The van der Waals surface area contributed by atoms with Gasteiger partial charge in [-0.2, -0.15) is 5.10 Å². The Morgan fingerprint density at radius 3 is 3.20 bits per heavy atom. The zero-order valence-corrected chi connectivity index (χ0v) is 13.9. The lowest BCUT2D eigenvalue weighted by Crippen LogP contribution is -2.13. The van der Waals surface area contributed by atoms with Crippen molar-refractivity contribution in [2.75, 3.05) is 11.9 Å². The molecule has 1 aromatic carbocycles. The molecule has 2 aliphatic heterocycles. The highest BCUT2D eigenvalue weighted by atomic mass is 16.5. The summed E-state index contributed by atoms with van der Waals surface area (Å²) < 4.78 is 7.00. The molecule has 25 heavy (non-hydrogen) atoms. The van der Waals surface area contributed by atoms with Crippen LogP contribution in [0.4, 0.5) is 5.69 Å². The van der Waals surface area contributed by atoms with Gasteiger partial charge in [-0.15, -0.1) is 0 Å². The van der Waals surface area contributed by atoms with Gasteiger partial charge in [0.05, 0.1) is 17.0 Å². The van der Waals surface area contributed by atoms with E-state index in [-0.39, 0.29) is 11.9 Å². The number of hydrogen-bond donors (Lipinski definition) is 2. The number of aryl methyl sites for hydroxylation is 2. The highest BCUT2D eigenvalue weighted by Crippen LogP contribution is 2.23. The first kappa shape index (κ1) is 15.8. The Labute approximate surface area is 145 Å². The molecule has 2 N–H and O–H groups in total. The second-order valence-corrected chi connectivity index (χ2v) is 6.38. The van der Waals surface area contributed by atoms with E-state index in [0.717, 1.165) is 37.3 Å². The minimum atomic E-state index is -0.334. The molecule has 2 aliphatic rings. The first-order valence-electron chi connectivity index (χ1n) is 8.55. The van der Waals surface area contributed by atoms with E-state index in [2.05, 4.69) is 21.8 Å². The molecule has 4 rings (SSSR count). The molecule has 0 fully saturated rings. The van der Waals surface area contributed by atoms with E-state index in [4.69, 9.17) is 4.74 Å². The molecule has 0 spiro atoms. The van der Waals surface area contributed by atoms with E-state index in [9.17, 15) is 9.59 Å². The van der Waals surface area contributed by atoms with Crippen LogP contribution in [0.15, 0.2) is 24.3 Å². The molecule has 0 saturated heterocycles. The summed E-state index contributed by atoms with van der Waals surface area (Å²) in [5.74, 6) is -0.424. The number of ether oxygens (including phenoxy) is 1. The number of nitrogens with zero attached hydrogens (tertiary/aromatic N) is 2. The van der Waals surface area contributed by atoms with Gasteiger partial charge in [0.15, 0.2) is 0 Å². The van der Waals surface area contributed by atoms with Gasteiger partial charge in [0.1, 0.15) is 6.61 Å². The highest BCUT2D eigenvalue weighted by Gasteiger charge is 2.21. The lowest BCUT2D eigenvalue weighted by Gasteiger charge is -2.05. The smallest absolute Gasteiger partial charge is 0.338 e. The van der Waals surface area contributed by atoms with Crippen LogP contribution in [0.1, 0.15) is 40.2 Å². The van der Waals surface area contributed by atoms with Gasteiger partial charge in [-0.1, -0.05) is 6.07 Å². The number of esters is 1. The third-order valence-electron chi connectivity index (χ3n) is 4.52. The van der Waals surface area contributed by atoms with Crippen molar-refractivity contribution in [1.29, 1.82) is 0 Å². The molecule has 2 aromatic rings. The van der Waals surface area contributed by atoms with Crippen LogP contribution >= 0.6 is 0 Å². The number of nitrogens with one attached hydrogen (secondary N) is 2. The summed E-state index contributed by atoms with van der Waals surface area (Å²) in [6.45, 7) is 3.06. The van der Waals surface area contributed by atoms with E-state index in [1.807, 2.05) is 10.7 Å². The molecule has 0 aliphatic carbocycles. The number of carbonyl (C=O) groups excluding carboxylic acids is 2. The minimum Gasteiger partial charge on any atom is -0.457 e. The van der Waals surface area contributed by atoms with E-state index in [1.165, 1.54) is 5.69 Å². The average molecular weight is 340 g/mol. The predicted molar refractivity (Wildman–Crippen MR) is 91.1 cm³/mol. The van der Waals surface area contributed by atoms with Crippen molar-refractivity contribution in [1.82, 2.24) is 15.1 Å². The quantitative estimate of drug-likeness (QED) is 0.826. The number of benzene rings is 1. The maximum absolute atomic E-state index is 12.2. The monoisotopic (exact) mass is 340 g/mol. The maximum Gasteiger partial charge on any atom is 0.338 e. The SMILES string of the molecule is O=C(CCc1cc2n(n1)CCCNC2)Nc1ccc2c(c1)C(=O)OC2. The van der Waals surface area contributed by atoms with Crippen LogP contribution in [0.25, 0.3) is 0 Å². The topological polar surface area (TPSA) is 85.3 Å². The third kappa shape index (κ3) is 3.41. The van der Waals surface area contributed by atoms with Crippen LogP contribution in [0.2, 0.25) is 0 Å². The van der Waals surface area contributed by atoms with Gasteiger partial charge in [0.25, 0.3) is 0 Å². The van der Waals surface area contributed by atoms with Gasteiger partial charge in [0.2, 0.25) is 5.91 Å². The fraction of sp³-hybridized carbons (Fsp3) is 0.389. The van der Waals surface area contributed by atoms with Gasteiger partial charge in [-0.25, -0.2) is 4.79 Å². The molecule has 0 saturated carbocycles. The van der Waals surface area contributed by atoms with Gasteiger partial charge in [-0.05, 0) is 31.2 Å². The first-order chi connectivity index (χ1) is 12.2. The van der Waals surface area contributed by atoms with Crippen molar-refractivity contribution in [3.05, 3.63) is 46.8 Å². The number of carbonyl (C=O) groups is 2. The van der Waals surface area contributed by atoms with Gasteiger partial charge in [0, 0.05) is 37.2 Å². The number of rotatable bonds is 4. The molecule has 0 unspecified atom stereocenters. The van der Waals surface area contributed by atoms with E-state index in [1.54, 1.807) is 12.1 Å². The minimum absolute atomic E-state index is 0.0902. The summed E-state index contributed by atoms with van der Waals surface area (Å²) in [5.41, 5.74) is 4.11. The lowest BCUT2D eigenvalue weighted by molar-refractivity contribution is -0.116. The molecule has 1 aromatic heterocycles. The molecular formula is C18H20N4O3. The normalized spacial score (nSPS) is 15.9. The van der Waals surface area contributed by atoms with Crippen LogP contribution in [-0.2, 0) is 35.6 Å². The zero-order chi connectivity index (χ0) is 17.2. The number of fused-ring (bicyclic) bond motifs is 2. The average Bonchev–Trinajstić information content (AvgIpc) is 3.10. The van der Waals surface area contributed by atoms with Crippen molar-refractivity contribution in [3.8, 4) is 0 Å². The van der Waals surface area contributed by atoms with E-state index >= 15 is 0 Å². The molecule has 0 radical (unpaired) electrons. The first-order valence-corrected chi connectivity index (χ1v) is 8.55. The largest absolute Gasteiger partial charge is 0.457 e. The highest BCUT2D eigenvalue weighted by molar-refractivity contribution is 5.97. The van der Waals surface area contributed by atoms with Gasteiger partial charge < -0.3 is 15.4 Å². The summed E-state index contributed by atoms with van der Waals surface area (Å²) in [6, 6.07) is 7.35. The molecule has 1 amide bonds. The standard InChI is InChI=1S/C18H20N4O3/c23-17(20-13-3-2-12-11-25-18(24)16(12)9-13)5-4-14-8-15-10-19-6-1-7-22(15)21-14/h2-3,8-9,19H,1,4-7,10-11H2,(H,20,23). The Kier molecular flexibility index (Phi) is 4.23. The van der Waals surface area contributed by atoms with Crippen molar-refractivity contribution < 1.29 is 14.3 Å². The Morgan fingerprint density at radius 2 is 2.28 bits per heavy atom. The Bertz CT molecular complexity index is 804. The van der Waals surface area contributed by atoms with E-state index in [0.29, 0.717) is 30.7 Å². The van der Waals surface area contributed by atoms with Crippen LogP contribution in [-0.4, -0.2) is 28.2 Å². The molecule has 3 heterocycles. The predicted octanol–water partition coefficient (Wildman–Crippen LogP) is 1.62. The Morgan fingerprint density at radius 1 is 1.36 bits per heavy atom. The fourth-order valence-electron chi connectivity index (χ4n) is 3.20. The number of cyclic esters (lactones) is 1. The number of anilines is 1. The fourth-order valence-corrected chi connectivity index (χ4v) is 3.20. The molecule has 7 heteroatoms. The number of aromatic nitrogens is 2. The second-order valence-electron chi connectivity index (χ2n) is 6.38. The zero-order valence-electron chi connectivity index (χ0n) is 13.9. The van der Waals surface area contributed by atoms with Crippen molar-refractivity contribution in [2.45, 2.75) is 39.0 Å². The molecule has 130 valence electrons. The van der Waals surface area contributed by atoms with Crippen molar-refractivity contribution >= 4 is 17.6 Å². The maximum atomic E-state index is 12.2. The van der Waals surface area contributed by atoms with E-state index < -0.39 is 0 Å².